The van der Waals surface area contributed by atoms with Crippen LogP contribution in [0.25, 0.3) is 0 Å². The number of ether oxygens (including phenoxy) is 1. The Bertz CT molecular complexity index is 552. The Balaban J connectivity index is 0.00000338. The van der Waals surface area contributed by atoms with Crippen molar-refractivity contribution in [3.8, 4) is 0 Å². The molecule has 1 aromatic rings. The number of aliphatic imine (C=N–C) groups is 1. The second-order valence-electron chi connectivity index (χ2n) is 6.86. The number of halogens is 1. The number of benzene rings is 1. The van der Waals surface area contributed by atoms with Gasteiger partial charge in [-0.1, -0.05) is 24.3 Å². The number of methoxy groups -OCH3 is 1. The summed E-state index contributed by atoms with van der Waals surface area (Å²) in [5.41, 5.74) is 2.85. The van der Waals surface area contributed by atoms with E-state index in [9.17, 15) is 0 Å². The summed E-state index contributed by atoms with van der Waals surface area (Å²) in [5.74, 6) is 1.55. The van der Waals surface area contributed by atoms with E-state index in [1.165, 1.54) is 17.5 Å². The average molecular weight is 474 g/mol. The van der Waals surface area contributed by atoms with Gasteiger partial charge in [0.2, 0.25) is 0 Å². The molecule has 0 amide bonds. The largest absolute Gasteiger partial charge is 0.385 e. The lowest BCUT2D eigenvalue weighted by molar-refractivity contribution is 0.180. The van der Waals surface area contributed by atoms with E-state index < -0.39 is 0 Å². The molecule has 1 aromatic carbocycles. The van der Waals surface area contributed by atoms with Gasteiger partial charge < -0.3 is 20.3 Å². The van der Waals surface area contributed by atoms with Crippen molar-refractivity contribution in [1.29, 1.82) is 0 Å². The molecule has 0 aromatic heterocycles. The quantitative estimate of drug-likeness (QED) is 0.237. The van der Waals surface area contributed by atoms with Crippen LogP contribution in [0.1, 0.15) is 36.8 Å². The van der Waals surface area contributed by atoms with Crippen LogP contribution in [0.4, 0.5) is 0 Å². The summed E-state index contributed by atoms with van der Waals surface area (Å²) in [6.45, 7) is 8.83. The van der Waals surface area contributed by atoms with Gasteiger partial charge in [-0.15, -0.1) is 24.0 Å². The molecule has 6 heteroatoms. The summed E-state index contributed by atoms with van der Waals surface area (Å²) in [7, 11) is 3.89. The van der Waals surface area contributed by atoms with Crippen molar-refractivity contribution in [2.24, 2.45) is 4.99 Å². The summed E-state index contributed by atoms with van der Waals surface area (Å²) in [6, 6.07) is 9.19. The van der Waals surface area contributed by atoms with Crippen LogP contribution in [0.2, 0.25) is 0 Å². The normalized spacial score (nSPS) is 19.2. The summed E-state index contributed by atoms with van der Waals surface area (Å²) >= 11 is 0. The number of aryl methyl sites for hydroxylation is 1. The molecule has 26 heavy (non-hydrogen) atoms. The molecule has 0 bridgehead atoms. The van der Waals surface area contributed by atoms with Crippen molar-refractivity contribution in [2.45, 2.75) is 38.6 Å². The molecule has 0 saturated heterocycles. The second-order valence-corrected chi connectivity index (χ2v) is 6.86. The SMILES string of the molecule is CCNC(=NCCN(C)CCCOC)NC1CC1c1ccccc1C.I. The maximum atomic E-state index is 5.10. The lowest BCUT2D eigenvalue weighted by atomic mass is 10.0. The van der Waals surface area contributed by atoms with Gasteiger partial charge in [0.1, 0.15) is 0 Å². The molecule has 148 valence electrons. The van der Waals surface area contributed by atoms with E-state index in [1.54, 1.807) is 7.11 Å². The number of hydrogen-bond donors (Lipinski definition) is 2. The minimum absolute atomic E-state index is 0. The molecule has 0 radical (unpaired) electrons. The van der Waals surface area contributed by atoms with Gasteiger partial charge in [-0.25, -0.2) is 0 Å². The van der Waals surface area contributed by atoms with Gasteiger partial charge in [0.15, 0.2) is 5.96 Å². The smallest absolute Gasteiger partial charge is 0.191 e. The molecule has 0 aliphatic heterocycles. The Hall–Kier alpha value is -0.860. The average Bonchev–Trinajstić information content (AvgIpc) is 3.34. The van der Waals surface area contributed by atoms with E-state index in [4.69, 9.17) is 9.73 Å². The Morgan fingerprint density at radius 3 is 2.77 bits per heavy atom. The Labute approximate surface area is 176 Å². The number of rotatable bonds is 10. The van der Waals surface area contributed by atoms with E-state index in [-0.39, 0.29) is 24.0 Å². The van der Waals surface area contributed by atoms with Gasteiger partial charge in [-0.3, -0.25) is 4.99 Å². The number of nitrogens with zero attached hydrogens (tertiary/aromatic N) is 2. The van der Waals surface area contributed by atoms with Crippen LogP contribution in [0.3, 0.4) is 0 Å². The third-order valence-corrected chi connectivity index (χ3v) is 4.68. The number of guanidine groups is 1. The highest BCUT2D eigenvalue weighted by atomic mass is 127. The van der Waals surface area contributed by atoms with Crippen molar-refractivity contribution in [3.05, 3.63) is 35.4 Å². The maximum absolute atomic E-state index is 5.10. The van der Waals surface area contributed by atoms with Crippen LogP contribution >= 0.6 is 24.0 Å². The fourth-order valence-corrected chi connectivity index (χ4v) is 3.12. The van der Waals surface area contributed by atoms with E-state index >= 15 is 0 Å². The minimum atomic E-state index is 0. The molecule has 0 heterocycles. The fourth-order valence-electron chi connectivity index (χ4n) is 3.12. The monoisotopic (exact) mass is 474 g/mol. The molecular formula is C20H35IN4O. The van der Waals surface area contributed by atoms with Crippen LogP contribution in [-0.2, 0) is 4.74 Å². The predicted octanol–water partition coefficient (Wildman–Crippen LogP) is 2.99. The summed E-state index contributed by atoms with van der Waals surface area (Å²) < 4.78 is 5.10. The molecular weight excluding hydrogens is 439 g/mol. The summed E-state index contributed by atoms with van der Waals surface area (Å²) in [4.78, 5) is 7.04. The van der Waals surface area contributed by atoms with Crippen LogP contribution in [0, 0.1) is 6.92 Å². The zero-order chi connectivity index (χ0) is 18.1. The zero-order valence-corrected chi connectivity index (χ0v) is 19.0. The molecule has 1 fully saturated rings. The molecule has 1 aliphatic rings. The fraction of sp³-hybridized carbons (Fsp3) is 0.650. The van der Waals surface area contributed by atoms with Gasteiger partial charge in [0.05, 0.1) is 6.54 Å². The Morgan fingerprint density at radius 1 is 1.31 bits per heavy atom. The Morgan fingerprint density at radius 2 is 2.08 bits per heavy atom. The first-order valence-electron chi connectivity index (χ1n) is 9.43. The van der Waals surface area contributed by atoms with Gasteiger partial charge in [-0.2, -0.15) is 0 Å². The summed E-state index contributed by atoms with van der Waals surface area (Å²) in [6.07, 6.45) is 2.25. The van der Waals surface area contributed by atoms with E-state index in [0.717, 1.165) is 45.2 Å². The predicted molar refractivity (Wildman–Crippen MR) is 121 cm³/mol. The first-order valence-corrected chi connectivity index (χ1v) is 9.43. The summed E-state index contributed by atoms with van der Waals surface area (Å²) in [5, 5.41) is 6.96. The molecule has 2 atom stereocenters. The zero-order valence-electron chi connectivity index (χ0n) is 16.6. The lowest BCUT2D eigenvalue weighted by Crippen LogP contribution is -2.39. The van der Waals surface area contributed by atoms with Crippen LogP contribution in [0.15, 0.2) is 29.3 Å². The van der Waals surface area contributed by atoms with Crippen molar-refractivity contribution < 1.29 is 4.74 Å². The first-order chi connectivity index (χ1) is 12.2. The van der Waals surface area contributed by atoms with Gasteiger partial charge in [-0.05, 0) is 44.9 Å². The van der Waals surface area contributed by atoms with Crippen molar-refractivity contribution in [1.82, 2.24) is 15.5 Å². The van der Waals surface area contributed by atoms with Crippen LogP contribution in [0.5, 0.6) is 0 Å². The van der Waals surface area contributed by atoms with E-state index in [1.807, 2.05) is 0 Å². The standard InChI is InChI=1S/C20H34N4O.HI/c1-5-21-20(22-11-13-24(3)12-8-14-25-4)23-19-15-18(19)17-10-7-6-9-16(17)2;/h6-7,9-10,18-19H,5,8,11-15H2,1-4H3,(H2,21,22,23);1H. The highest BCUT2D eigenvalue weighted by Crippen LogP contribution is 2.41. The minimum Gasteiger partial charge on any atom is -0.385 e. The number of nitrogens with one attached hydrogen (secondary N) is 2. The maximum Gasteiger partial charge on any atom is 0.191 e. The Kier molecular flexibility index (Phi) is 11.2. The lowest BCUT2D eigenvalue weighted by Gasteiger charge is -2.16. The van der Waals surface area contributed by atoms with E-state index in [2.05, 4.69) is 60.7 Å². The molecule has 2 rings (SSSR count). The van der Waals surface area contributed by atoms with Gasteiger partial charge in [0.25, 0.3) is 0 Å². The molecule has 1 saturated carbocycles. The van der Waals surface area contributed by atoms with Gasteiger partial charge in [0, 0.05) is 45.3 Å². The van der Waals surface area contributed by atoms with Crippen molar-refractivity contribution in [2.75, 3.05) is 46.9 Å². The third-order valence-electron chi connectivity index (χ3n) is 4.68. The third kappa shape index (κ3) is 7.80. The molecule has 0 spiro atoms. The molecule has 5 nitrogen and oxygen atoms in total. The second kappa shape index (κ2) is 12.5. The van der Waals surface area contributed by atoms with Crippen LogP contribution < -0.4 is 10.6 Å². The molecule has 2 unspecified atom stereocenters. The number of hydrogen-bond acceptors (Lipinski definition) is 3. The van der Waals surface area contributed by atoms with E-state index in [0.29, 0.717) is 12.0 Å². The highest BCUT2D eigenvalue weighted by molar-refractivity contribution is 14.0. The highest BCUT2D eigenvalue weighted by Gasteiger charge is 2.39. The topological polar surface area (TPSA) is 48.9 Å². The van der Waals surface area contributed by atoms with Crippen LogP contribution in [-0.4, -0.2) is 63.8 Å². The number of likely N-dealkylation sites (N-methyl/N-ethyl adjacent to an activating group) is 1. The van der Waals surface area contributed by atoms with Crippen molar-refractivity contribution in [3.63, 3.8) is 0 Å². The molecule has 2 N–H and O–H groups in total. The molecule has 1 aliphatic carbocycles. The van der Waals surface area contributed by atoms with Crippen molar-refractivity contribution >= 4 is 29.9 Å². The van der Waals surface area contributed by atoms with Gasteiger partial charge >= 0.3 is 0 Å². The first kappa shape index (κ1) is 23.2.